The number of ether oxygens (including phenoxy) is 1. The molecular weight excluding hydrogens is 302 g/mol. The molecule has 0 atom stereocenters. The van der Waals surface area contributed by atoms with E-state index in [0.29, 0.717) is 11.3 Å². The van der Waals surface area contributed by atoms with Crippen LogP contribution in [0.15, 0.2) is 48.5 Å². The van der Waals surface area contributed by atoms with E-state index in [1.54, 1.807) is 49.6 Å². The molecule has 0 aliphatic rings. The van der Waals surface area contributed by atoms with Crippen molar-refractivity contribution in [1.29, 1.82) is 0 Å². The quantitative estimate of drug-likeness (QED) is 0.739. The number of methoxy groups -OCH3 is 1. The minimum absolute atomic E-state index is 0.0461. The first-order valence-electron chi connectivity index (χ1n) is 5.33. The number of hydrogen-bond donors (Lipinski definition) is 0. The Morgan fingerprint density at radius 2 is 1.61 bits per heavy atom. The van der Waals surface area contributed by atoms with Gasteiger partial charge in [-0.2, -0.15) is 8.78 Å². The van der Waals surface area contributed by atoms with Crippen LogP contribution in [0.4, 0.5) is 8.78 Å². The summed E-state index contributed by atoms with van der Waals surface area (Å²) in [6.07, 6.45) is 0. The van der Waals surface area contributed by atoms with E-state index in [1.165, 1.54) is 6.07 Å². The second-order valence-electron chi connectivity index (χ2n) is 3.77. The van der Waals surface area contributed by atoms with E-state index in [1.807, 2.05) is 0 Å². The van der Waals surface area contributed by atoms with E-state index in [2.05, 4.69) is 15.9 Å². The van der Waals surface area contributed by atoms with Gasteiger partial charge in [0.25, 0.3) is 0 Å². The molecule has 0 fully saturated rings. The lowest BCUT2D eigenvalue weighted by molar-refractivity contribution is 0.115. The minimum atomic E-state index is -3.04. The van der Waals surface area contributed by atoms with Crippen LogP contribution in [0.5, 0.6) is 5.75 Å². The molecule has 4 heteroatoms. The summed E-state index contributed by atoms with van der Waals surface area (Å²) in [5.41, 5.74) is 1.18. The highest BCUT2D eigenvalue weighted by Crippen LogP contribution is 2.40. The van der Waals surface area contributed by atoms with Crippen molar-refractivity contribution in [2.24, 2.45) is 0 Å². The summed E-state index contributed by atoms with van der Waals surface area (Å²) >= 11 is 2.40. The molecule has 0 saturated carbocycles. The first kappa shape index (κ1) is 13.0. The normalized spacial score (nSPS) is 11.3. The van der Waals surface area contributed by atoms with Gasteiger partial charge in [0.2, 0.25) is 0 Å². The van der Waals surface area contributed by atoms with Gasteiger partial charge in [-0.3, -0.25) is 0 Å². The Balaban J connectivity index is 2.50. The van der Waals surface area contributed by atoms with Crippen molar-refractivity contribution >= 4 is 15.9 Å². The van der Waals surface area contributed by atoms with Crippen molar-refractivity contribution in [2.75, 3.05) is 7.11 Å². The van der Waals surface area contributed by atoms with Crippen molar-refractivity contribution in [3.05, 3.63) is 54.1 Å². The Kier molecular flexibility index (Phi) is 3.66. The molecule has 94 valence electrons. The van der Waals surface area contributed by atoms with E-state index in [0.717, 1.165) is 5.56 Å². The molecular formula is C14H11BrF2O. The van der Waals surface area contributed by atoms with Crippen LogP contribution in [0.1, 0.15) is 5.56 Å². The highest BCUT2D eigenvalue weighted by atomic mass is 79.9. The molecule has 2 aromatic rings. The van der Waals surface area contributed by atoms with E-state index in [-0.39, 0.29) is 5.56 Å². The van der Waals surface area contributed by atoms with Crippen LogP contribution >= 0.6 is 15.9 Å². The summed E-state index contributed by atoms with van der Waals surface area (Å²) in [6, 6.07) is 13.4. The fourth-order valence-electron chi connectivity index (χ4n) is 1.75. The maximum Gasteiger partial charge on any atom is 0.327 e. The first-order chi connectivity index (χ1) is 8.52. The topological polar surface area (TPSA) is 9.23 Å². The van der Waals surface area contributed by atoms with Crippen LogP contribution < -0.4 is 4.74 Å². The fourth-order valence-corrected chi connectivity index (χ4v) is 2.10. The zero-order valence-corrected chi connectivity index (χ0v) is 11.2. The fraction of sp³-hybridized carbons (Fsp3) is 0.143. The van der Waals surface area contributed by atoms with Crippen molar-refractivity contribution in [3.8, 4) is 16.9 Å². The van der Waals surface area contributed by atoms with Gasteiger partial charge >= 0.3 is 4.83 Å². The number of rotatable bonds is 3. The molecule has 0 amide bonds. The molecule has 0 N–H and O–H groups in total. The van der Waals surface area contributed by atoms with Gasteiger partial charge in [0.15, 0.2) is 0 Å². The summed E-state index contributed by atoms with van der Waals surface area (Å²) < 4.78 is 31.9. The molecule has 0 spiro atoms. The third-order valence-electron chi connectivity index (χ3n) is 2.63. The van der Waals surface area contributed by atoms with Crippen LogP contribution in [0.3, 0.4) is 0 Å². The van der Waals surface area contributed by atoms with E-state index in [4.69, 9.17) is 4.74 Å². The third kappa shape index (κ3) is 2.70. The van der Waals surface area contributed by atoms with Crippen LogP contribution in [0.25, 0.3) is 11.1 Å². The summed E-state index contributed by atoms with van der Waals surface area (Å²) in [4.78, 5) is -3.04. The van der Waals surface area contributed by atoms with E-state index >= 15 is 0 Å². The van der Waals surface area contributed by atoms with Crippen LogP contribution in [0, 0.1) is 0 Å². The maximum atomic E-state index is 13.4. The molecule has 2 rings (SSSR count). The van der Waals surface area contributed by atoms with Crippen LogP contribution in [0.2, 0.25) is 0 Å². The smallest absolute Gasteiger partial charge is 0.327 e. The van der Waals surface area contributed by atoms with Gasteiger partial charge in [0, 0.05) is 5.56 Å². The number of hydrogen-bond acceptors (Lipinski definition) is 1. The summed E-state index contributed by atoms with van der Waals surface area (Å²) in [5.74, 6) is 0.696. The molecule has 0 aliphatic carbocycles. The molecule has 0 unspecified atom stereocenters. The van der Waals surface area contributed by atoms with Gasteiger partial charge in [0.1, 0.15) is 5.75 Å². The highest BCUT2D eigenvalue weighted by molar-refractivity contribution is 9.09. The Bertz CT molecular complexity index is 532. The van der Waals surface area contributed by atoms with E-state index < -0.39 is 4.83 Å². The molecule has 0 bridgehead atoms. The lowest BCUT2D eigenvalue weighted by atomic mass is 10.00. The SMILES string of the molecule is COc1ccc(-c2ccccc2C(F)(F)Br)cc1. The van der Waals surface area contributed by atoms with Crippen molar-refractivity contribution in [3.63, 3.8) is 0 Å². The van der Waals surface area contributed by atoms with Crippen molar-refractivity contribution in [1.82, 2.24) is 0 Å². The summed E-state index contributed by atoms with van der Waals surface area (Å²) in [6.45, 7) is 0. The largest absolute Gasteiger partial charge is 0.497 e. The zero-order chi connectivity index (χ0) is 13.2. The molecule has 18 heavy (non-hydrogen) atoms. The predicted molar refractivity (Wildman–Crippen MR) is 71.3 cm³/mol. The second-order valence-corrected chi connectivity index (χ2v) is 4.77. The maximum absolute atomic E-state index is 13.4. The molecule has 0 radical (unpaired) electrons. The Hall–Kier alpha value is -1.42. The van der Waals surface area contributed by atoms with Gasteiger partial charge in [-0.25, -0.2) is 0 Å². The average Bonchev–Trinajstić information content (AvgIpc) is 2.38. The Morgan fingerprint density at radius 1 is 1.00 bits per heavy atom. The van der Waals surface area contributed by atoms with Gasteiger partial charge in [0.05, 0.1) is 7.11 Å². The molecule has 0 heterocycles. The molecule has 2 aromatic carbocycles. The lowest BCUT2D eigenvalue weighted by Crippen LogP contribution is -2.04. The van der Waals surface area contributed by atoms with Gasteiger partial charge < -0.3 is 4.74 Å². The molecule has 0 aliphatic heterocycles. The molecule has 0 saturated heterocycles. The highest BCUT2D eigenvalue weighted by Gasteiger charge is 2.29. The predicted octanol–water partition coefficient (Wildman–Crippen LogP) is 4.81. The van der Waals surface area contributed by atoms with Gasteiger partial charge in [-0.05, 0) is 39.2 Å². The molecule has 0 aromatic heterocycles. The monoisotopic (exact) mass is 312 g/mol. The Labute approximate surface area is 113 Å². The minimum Gasteiger partial charge on any atom is -0.497 e. The van der Waals surface area contributed by atoms with Gasteiger partial charge in [-0.1, -0.05) is 36.4 Å². The average molecular weight is 313 g/mol. The van der Waals surface area contributed by atoms with Gasteiger partial charge in [-0.15, -0.1) is 0 Å². The third-order valence-corrected chi connectivity index (χ3v) is 3.06. The van der Waals surface area contributed by atoms with E-state index in [9.17, 15) is 8.78 Å². The lowest BCUT2D eigenvalue weighted by Gasteiger charge is -2.14. The number of alkyl halides is 3. The number of benzene rings is 2. The summed E-state index contributed by atoms with van der Waals surface area (Å²) in [7, 11) is 1.57. The Morgan fingerprint density at radius 3 is 2.17 bits per heavy atom. The number of halogens is 3. The standard InChI is InChI=1S/C14H11BrF2O/c1-18-11-8-6-10(7-9-11)12-4-2-3-5-13(12)14(15,16)17/h2-9H,1H3. The second kappa shape index (κ2) is 5.06. The summed E-state index contributed by atoms with van der Waals surface area (Å²) in [5, 5.41) is 0. The van der Waals surface area contributed by atoms with Crippen molar-refractivity contribution < 1.29 is 13.5 Å². The van der Waals surface area contributed by atoms with Crippen molar-refractivity contribution in [2.45, 2.75) is 4.83 Å². The van der Waals surface area contributed by atoms with Crippen LogP contribution in [-0.2, 0) is 4.83 Å². The zero-order valence-electron chi connectivity index (χ0n) is 9.66. The molecule has 1 nitrogen and oxygen atoms in total. The first-order valence-corrected chi connectivity index (χ1v) is 6.12. The van der Waals surface area contributed by atoms with Crippen LogP contribution in [-0.4, -0.2) is 7.11 Å².